The highest BCUT2D eigenvalue weighted by molar-refractivity contribution is 7.91. The van der Waals surface area contributed by atoms with Gasteiger partial charge in [0.15, 0.2) is 9.84 Å². The summed E-state index contributed by atoms with van der Waals surface area (Å²) in [5.41, 5.74) is 5.41. The Balaban J connectivity index is 2.01. The Bertz CT molecular complexity index is 332. The molecule has 0 radical (unpaired) electrons. The number of ether oxygens (including phenoxy) is 3. The second-order valence-electron chi connectivity index (χ2n) is 4.67. The molecule has 1 rings (SSSR count). The van der Waals surface area contributed by atoms with Gasteiger partial charge in [0.1, 0.15) is 0 Å². The summed E-state index contributed by atoms with van der Waals surface area (Å²) in [7, 11) is -1.31. The molecule has 7 heteroatoms. The van der Waals surface area contributed by atoms with Crippen LogP contribution in [0.15, 0.2) is 0 Å². The third kappa shape index (κ3) is 6.10. The molecule has 0 bridgehead atoms. The van der Waals surface area contributed by atoms with Crippen molar-refractivity contribution in [3.05, 3.63) is 0 Å². The van der Waals surface area contributed by atoms with Crippen molar-refractivity contribution >= 4 is 9.84 Å². The van der Waals surface area contributed by atoms with Gasteiger partial charge in [-0.05, 0) is 12.8 Å². The molecule has 18 heavy (non-hydrogen) atoms. The van der Waals surface area contributed by atoms with Gasteiger partial charge in [-0.15, -0.1) is 0 Å². The third-order valence-corrected chi connectivity index (χ3v) is 4.81. The van der Waals surface area contributed by atoms with Gasteiger partial charge in [0.25, 0.3) is 0 Å². The molecule has 0 aromatic rings. The molecule has 1 heterocycles. The van der Waals surface area contributed by atoms with Crippen LogP contribution in [0.2, 0.25) is 0 Å². The van der Waals surface area contributed by atoms with Crippen molar-refractivity contribution in [1.29, 1.82) is 0 Å². The van der Waals surface area contributed by atoms with E-state index >= 15 is 0 Å². The zero-order valence-electron chi connectivity index (χ0n) is 10.9. The molecule has 6 nitrogen and oxygen atoms in total. The van der Waals surface area contributed by atoms with Gasteiger partial charge in [-0.2, -0.15) is 0 Å². The molecule has 1 fully saturated rings. The van der Waals surface area contributed by atoms with Crippen molar-refractivity contribution in [3.8, 4) is 0 Å². The highest BCUT2D eigenvalue weighted by atomic mass is 32.2. The quantitative estimate of drug-likeness (QED) is 0.577. The van der Waals surface area contributed by atoms with E-state index in [4.69, 9.17) is 19.9 Å². The average Bonchev–Trinajstić information content (AvgIpc) is 2.57. The molecule has 0 spiro atoms. The lowest BCUT2D eigenvalue weighted by atomic mass is 9.97. The van der Waals surface area contributed by atoms with E-state index in [-0.39, 0.29) is 11.5 Å². The number of hydrogen-bond acceptors (Lipinski definition) is 6. The summed E-state index contributed by atoms with van der Waals surface area (Å²) in [6.07, 6.45) is 1.10. The second kappa shape index (κ2) is 7.40. The molecule has 1 unspecified atom stereocenters. The Morgan fingerprint density at radius 3 is 2.28 bits per heavy atom. The van der Waals surface area contributed by atoms with Crippen LogP contribution in [-0.2, 0) is 24.0 Å². The van der Waals surface area contributed by atoms with Gasteiger partial charge in [-0.1, -0.05) is 0 Å². The van der Waals surface area contributed by atoms with Crippen LogP contribution in [0.3, 0.4) is 0 Å². The van der Waals surface area contributed by atoms with Crippen molar-refractivity contribution in [1.82, 2.24) is 0 Å². The number of nitrogens with two attached hydrogens (primary N) is 1. The van der Waals surface area contributed by atoms with Gasteiger partial charge < -0.3 is 19.9 Å². The van der Waals surface area contributed by atoms with E-state index in [2.05, 4.69) is 0 Å². The van der Waals surface area contributed by atoms with E-state index in [1.165, 1.54) is 0 Å². The van der Waals surface area contributed by atoms with Crippen molar-refractivity contribution in [2.75, 3.05) is 51.6 Å². The Labute approximate surface area is 109 Å². The Hall–Kier alpha value is -0.210. The maximum atomic E-state index is 11.3. The van der Waals surface area contributed by atoms with Gasteiger partial charge >= 0.3 is 0 Å². The lowest BCUT2D eigenvalue weighted by Crippen LogP contribution is -2.42. The summed E-state index contributed by atoms with van der Waals surface area (Å²) in [4.78, 5) is 0. The number of rotatable bonds is 9. The summed E-state index contributed by atoms with van der Waals surface area (Å²) in [6, 6.07) is 0. The normalized spacial score (nSPS) is 26.6. The van der Waals surface area contributed by atoms with Crippen molar-refractivity contribution in [2.45, 2.75) is 18.4 Å². The van der Waals surface area contributed by atoms with E-state index in [1.54, 1.807) is 7.11 Å². The monoisotopic (exact) mass is 281 g/mol. The predicted molar refractivity (Wildman–Crippen MR) is 68.3 cm³/mol. The molecule has 1 saturated heterocycles. The van der Waals surface area contributed by atoms with Gasteiger partial charge in [-0.3, -0.25) is 0 Å². The van der Waals surface area contributed by atoms with E-state index < -0.39 is 15.4 Å². The fourth-order valence-corrected chi connectivity index (χ4v) is 3.90. The van der Waals surface area contributed by atoms with Crippen LogP contribution in [0.4, 0.5) is 0 Å². The van der Waals surface area contributed by atoms with Gasteiger partial charge in [-0.25, -0.2) is 8.42 Å². The zero-order valence-corrected chi connectivity index (χ0v) is 11.7. The highest BCUT2D eigenvalue weighted by Crippen LogP contribution is 2.23. The molecule has 0 aliphatic carbocycles. The molecule has 108 valence electrons. The Morgan fingerprint density at radius 2 is 1.72 bits per heavy atom. The molecular weight excluding hydrogens is 258 g/mol. The van der Waals surface area contributed by atoms with E-state index in [1.807, 2.05) is 0 Å². The largest absolute Gasteiger partial charge is 0.382 e. The minimum Gasteiger partial charge on any atom is -0.382 e. The maximum absolute atomic E-state index is 11.3. The maximum Gasteiger partial charge on any atom is 0.152 e. The summed E-state index contributed by atoms with van der Waals surface area (Å²) in [5, 5.41) is 0. The summed E-state index contributed by atoms with van der Waals surface area (Å²) in [6.45, 7) is 2.61. The predicted octanol–water partition coefficient (Wildman–Crippen LogP) is -0.428. The van der Waals surface area contributed by atoms with Crippen LogP contribution in [-0.4, -0.2) is 65.6 Å². The highest BCUT2D eigenvalue weighted by Gasteiger charge is 2.38. The standard InChI is InChI=1S/C11H23NO5S/c1-15-5-6-17-8-7-16-4-2-11(12)3-9-18(13,14)10-11/h2-10,12H2,1H3. The molecule has 0 aromatic heterocycles. The average molecular weight is 281 g/mol. The van der Waals surface area contributed by atoms with E-state index in [0.29, 0.717) is 45.9 Å². The lowest BCUT2D eigenvalue weighted by molar-refractivity contribution is 0.0214. The van der Waals surface area contributed by atoms with Gasteiger partial charge in [0, 0.05) is 19.3 Å². The van der Waals surface area contributed by atoms with Crippen molar-refractivity contribution < 1.29 is 22.6 Å². The molecule has 0 amide bonds. The van der Waals surface area contributed by atoms with Crippen LogP contribution in [0.1, 0.15) is 12.8 Å². The van der Waals surface area contributed by atoms with Crippen LogP contribution in [0.5, 0.6) is 0 Å². The fraction of sp³-hybridized carbons (Fsp3) is 1.00. The summed E-state index contributed by atoms with van der Waals surface area (Å²) < 4.78 is 38.1. The Morgan fingerprint density at radius 1 is 1.11 bits per heavy atom. The van der Waals surface area contributed by atoms with Crippen molar-refractivity contribution in [2.24, 2.45) is 5.73 Å². The molecule has 0 saturated carbocycles. The second-order valence-corrected chi connectivity index (χ2v) is 6.86. The SMILES string of the molecule is COCCOCCOCCC1(N)CCS(=O)(=O)C1. The number of sulfone groups is 1. The first-order valence-corrected chi connectivity index (χ1v) is 7.93. The molecule has 0 aromatic carbocycles. The third-order valence-electron chi connectivity index (χ3n) is 2.97. The van der Waals surface area contributed by atoms with Gasteiger partial charge in [0.2, 0.25) is 0 Å². The summed E-state index contributed by atoms with van der Waals surface area (Å²) >= 11 is 0. The van der Waals surface area contributed by atoms with Crippen LogP contribution >= 0.6 is 0 Å². The van der Waals surface area contributed by atoms with Crippen LogP contribution in [0, 0.1) is 0 Å². The van der Waals surface area contributed by atoms with Crippen LogP contribution < -0.4 is 5.73 Å². The molecular formula is C11H23NO5S. The topological polar surface area (TPSA) is 87.8 Å². The fourth-order valence-electron chi connectivity index (χ4n) is 1.88. The first-order valence-electron chi connectivity index (χ1n) is 6.11. The van der Waals surface area contributed by atoms with Gasteiger partial charge in [0.05, 0.1) is 37.9 Å². The molecule has 1 aliphatic rings. The molecule has 1 aliphatic heterocycles. The zero-order chi connectivity index (χ0) is 13.5. The first-order chi connectivity index (χ1) is 8.47. The molecule has 2 N–H and O–H groups in total. The number of hydrogen-bond donors (Lipinski definition) is 1. The number of methoxy groups -OCH3 is 1. The Kier molecular flexibility index (Phi) is 6.51. The molecule has 1 atom stereocenters. The summed E-state index contributed by atoms with van der Waals surface area (Å²) in [5.74, 6) is 0.275. The smallest absolute Gasteiger partial charge is 0.152 e. The lowest BCUT2D eigenvalue weighted by Gasteiger charge is -2.21. The minimum absolute atomic E-state index is 0.0771. The first kappa shape index (κ1) is 15.8. The van der Waals surface area contributed by atoms with E-state index in [9.17, 15) is 8.42 Å². The van der Waals surface area contributed by atoms with E-state index in [0.717, 1.165) is 0 Å². The van der Waals surface area contributed by atoms with Crippen LogP contribution in [0.25, 0.3) is 0 Å². The minimum atomic E-state index is -2.93. The van der Waals surface area contributed by atoms with Crippen molar-refractivity contribution in [3.63, 3.8) is 0 Å².